The van der Waals surface area contributed by atoms with Gasteiger partial charge in [0, 0.05) is 24.8 Å². The maximum absolute atomic E-state index is 11.8. The summed E-state index contributed by atoms with van der Waals surface area (Å²) in [4.78, 5) is 15.9. The number of ether oxygens (including phenoxy) is 2. The second-order valence-electron chi connectivity index (χ2n) is 5.29. The molecule has 2 heterocycles. The first-order valence-electron chi connectivity index (χ1n) is 7.61. The van der Waals surface area contributed by atoms with E-state index in [4.69, 9.17) is 9.47 Å². The van der Waals surface area contributed by atoms with Crippen LogP contribution in [0.25, 0.3) is 0 Å². The summed E-state index contributed by atoms with van der Waals surface area (Å²) in [5, 5.41) is 6.14. The van der Waals surface area contributed by atoms with E-state index in [1.54, 1.807) is 36.5 Å². The minimum absolute atomic E-state index is 0. The predicted molar refractivity (Wildman–Crippen MR) is 100 cm³/mol. The molecule has 1 amide bonds. The number of aromatic nitrogens is 1. The van der Waals surface area contributed by atoms with Crippen LogP contribution in [0.1, 0.15) is 6.42 Å². The molecule has 25 heavy (non-hydrogen) atoms. The molecule has 1 fully saturated rings. The first-order chi connectivity index (χ1) is 11.3. The van der Waals surface area contributed by atoms with Crippen LogP contribution in [-0.4, -0.2) is 36.6 Å². The van der Waals surface area contributed by atoms with Gasteiger partial charge in [-0.2, -0.15) is 0 Å². The normalized spacial score (nSPS) is 15.4. The molecule has 1 saturated heterocycles. The number of nitrogens with one attached hydrogen (secondary N) is 2. The third kappa shape index (κ3) is 6.78. The number of hydrogen-bond donors (Lipinski definition) is 2. The number of rotatable bonds is 6. The topological polar surface area (TPSA) is 72.5 Å². The standard InChI is InChI=1S/C17H19N3O3.2ClH/c21-16(20-13-8-10-18-11-13)12-22-14-4-6-15(7-5-14)23-17-3-1-2-9-19-17;;/h1-7,9,13,18H,8,10-12H2,(H,20,21);2*1H. The molecule has 2 N–H and O–H groups in total. The first-order valence-corrected chi connectivity index (χ1v) is 7.61. The van der Waals surface area contributed by atoms with E-state index in [1.807, 2.05) is 12.1 Å². The van der Waals surface area contributed by atoms with E-state index in [0.29, 0.717) is 17.4 Å². The van der Waals surface area contributed by atoms with E-state index in [-0.39, 0.29) is 43.4 Å². The summed E-state index contributed by atoms with van der Waals surface area (Å²) >= 11 is 0. The van der Waals surface area contributed by atoms with Crippen molar-refractivity contribution in [2.45, 2.75) is 12.5 Å². The summed E-state index contributed by atoms with van der Waals surface area (Å²) in [6.45, 7) is 1.78. The van der Waals surface area contributed by atoms with Gasteiger partial charge in [0.2, 0.25) is 5.88 Å². The van der Waals surface area contributed by atoms with Crippen LogP contribution in [0.3, 0.4) is 0 Å². The van der Waals surface area contributed by atoms with Crippen LogP contribution in [0.15, 0.2) is 48.7 Å². The van der Waals surface area contributed by atoms with E-state index < -0.39 is 0 Å². The fraction of sp³-hybridized carbons (Fsp3) is 0.294. The highest BCUT2D eigenvalue weighted by atomic mass is 35.5. The highest BCUT2D eigenvalue weighted by Crippen LogP contribution is 2.22. The molecule has 2 aromatic rings. The molecule has 0 aliphatic carbocycles. The molecule has 1 aromatic carbocycles. The number of pyridine rings is 1. The smallest absolute Gasteiger partial charge is 0.258 e. The third-order valence-electron chi connectivity index (χ3n) is 3.48. The summed E-state index contributed by atoms with van der Waals surface area (Å²) in [7, 11) is 0. The quantitative estimate of drug-likeness (QED) is 0.799. The summed E-state index contributed by atoms with van der Waals surface area (Å²) < 4.78 is 11.1. The maximum atomic E-state index is 11.8. The molecule has 0 radical (unpaired) electrons. The van der Waals surface area contributed by atoms with Crippen molar-refractivity contribution in [3.63, 3.8) is 0 Å². The molecule has 1 atom stereocenters. The molecule has 0 saturated carbocycles. The molecule has 1 aliphatic heterocycles. The summed E-state index contributed by atoms with van der Waals surface area (Å²) in [5.74, 6) is 1.72. The Balaban J connectivity index is 0.00000156. The largest absolute Gasteiger partial charge is 0.484 e. The van der Waals surface area contributed by atoms with Crippen molar-refractivity contribution >= 4 is 30.7 Å². The van der Waals surface area contributed by atoms with Gasteiger partial charge in [-0.3, -0.25) is 4.79 Å². The van der Waals surface area contributed by atoms with Crippen molar-refractivity contribution in [3.05, 3.63) is 48.7 Å². The minimum atomic E-state index is -0.104. The van der Waals surface area contributed by atoms with Crippen molar-refractivity contribution in [2.75, 3.05) is 19.7 Å². The van der Waals surface area contributed by atoms with Gasteiger partial charge in [-0.05, 0) is 43.3 Å². The van der Waals surface area contributed by atoms with E-state index in [1.165, 1.54) is 0 Å². The van der Waals surface area contributed by atoms with Gasteiger partial charge in [-0.25, -0.2) is 4.98 Å². The molecular formula is C17H21Cl2N3O3. The predicted octanol–water partition coefficient (Wildman–Crippen LogP) is 2.57. The highest BCUT2D eigenvalue weighted by molar-refractivity contribution is 5.85. The van der Waals surface area contributed by atoms with E-state index >= 15 is 0 Å². The number of amides is 1. The average molecular weight is 386 g/mol. The van der Waals surface area contributed by atoms with Crippen molar-refractivity contribution in [2.24, 2.45) is 0 Å². The SMILES string of the molecule is Cl.Cl.O=C(COc1ccc(Oc2ccccn2)cc1)NC1CCNC1. The molecular weight excluding hydrogens is 365 g/mol. The monoisotopic (exact) mass is 385 g/mol. The number of benzene rings is 1. The molecule has 136 valence electrons. The lowest BCUT2D eigenvalue weighted by molar-refractivity contribution is -0.123. The highest BCUT2D eigenvalue weighted by Gasteiger charge is 2.16. The van der Waals surface area contributed by atoms with Gasteiger partial charge in [0.05, 0.1) is 0 Å². The number of carbonyl (C=O) groups excluding carboxylic acids is 1. The second kappa shape index (κ2) is 10.8. The van der Waals surface area contributed by atoms with Crippen LogP contribution in [0.5, 0.6) is 17.4 Å². The lowest BCUT2D eigenvalue weighted by Gasteiger charge is -2.12. The van der Waals surface area contributed by atoms with Gasteiger partial charge in [-0.1, -0.05) is 6.07 Å². The Morgan fingerprint density at radius 3 is 2.56 bits per heavy atom. The van der Waals surface area contributed by atoms with Crippen molar-refractivity contribution in [3.8, 4) is 17.4 Å². The van der Waals surface area contributed by atoms with E-state index in [9.17, 15) is 4.79 Å². The van der Waals surface area contributed by atoms with Crippen LogP contribution in [0, 0.1) is 0 Å². The van der Waals surface area contributed by atoms with Crippen LogP contribution in [0.2, 0.25) is 0 Å². The molecule has 6 nitrogen and oxygen atoms in total. The zero-order valence-electron chi connectivity index (χ0n) is 13.5. The van der Waals surface area contributed by atoms with Crippen LogP contribution in [-0.2, 0) is 4.79 Å². The Bertz CT molecular complexity index is 635. The second-order valence-corrected chi connectivity index (χ2v) is 5.29. The molecule has 0 spiro atoms. The van der Waals surface area contributed by atoms with Gasteiger partial charge in [0.1, 0.15) is 11.5 Å². The van der Waals surface area contributed by atoms with Crippen molar-refractivity contribution in [1.29, 1.82) is 0 Å². The van der Waals surface area contributed by atoms with Gasteiger partial charge in [0.15, 0.2) is 6.61 Å². The van der Waals surface area contributed by atoms with E-state index in [2.05, 4.69) is 15.6 Å². The molecule has 8 heteroatoms. The van der Waals surface area contributed by atoms with Crippen LogP contribution < -0.4 is 20.1 Å². The van der Waals surface area contributed by atoms with Gasteiger partial charge >= 0.3 is 0 Å². The van der Waals surface area contributed by atoms with Crippen molar-refractivity contribution < 1.29 is 14.3 Å². The summed E-state index contributed by atoms with van der Waals surface area (Å²) in [5.41, 5.74) is 0. The zero-order valence-corrected chi connectivity index (χ0v) is 15.1. The lowest BCUT2D eigenvalue weighted by atomic mass is 10.2. The average Bonchev–Trinajstić information content (AvgIpc) is 3.08. The van der Waals surface area contributed by atoms with E-state index in [0.717, 1.165) is 19.5 Å². The summed E-state index contributed by atoms with van der Waals surface area (Å²) in [6.07, 6.45) is 2.64. The lowest BCUT2D eigenvalue weighted by Crippen LogP contribution is -2.39. The summed E-state index contributed by atoms with van der Waals surface area (Å²) in [6, 6.07) is 12.8. The molecule has 0 bridgehead atoms. The number of hydrogen-bond acceptors (Lipinski definition) is 5. The molecule has 3 rings (SSSR count). The van der Waals surface area contributed by atoms with Crippen LogP contribution >= 0.6 is 24.8 Å². The van der Waals surface area contributed by atoms with Crippen LogP contribution in [0.4, 0.5) is 0 Å². The minimum Gasteiger partial charge on any atom is -0.484 e. The van der Waals surface area contributed by atoms with Gasteiger partial charge < -0.3 is 20.1 Å². The third-order valence-corrected chi connectivity index (χ3v) is 3.48. The number of nitrogens with zero attached hydrogens (tertiary/aromatic N) is 1. The zero-order chi connectivity index (χ0) is 15.9. The Kier molecular flexibility index (Phi) is 9.05. The molecule has 1 aromatic heterocycles. The molecule has 1 aliphatic rings. The Morgan fingerprint density at radius 2 is 1.92 bits per heavy atom. The fourth-order valence-corrected chi connectivity index (χ4v) is 2.33. The number of halogens is 2. The Morgan fingerprint density at radius 1 is 1.16 bits per heavy atom. The van der Waals surface area contributed by atoms with Gasteiger partial charge in [-0.15, -0.1) is 24.8 Å². The molecule has 1 unspecified atom stereocenters. The first kappa shape index (κ1) is 21.0. The Hall–Kier alpha value is -2.02. The maximum Gasteiger partial charge on any atom is 0.258 e. The van der Waals surface area contributed by atoms with Crippen molar-refractivity contribution in [1.82, 2.24) is 15.6 Å². The fourth-order valence-electron chi connectivity index (χ4n) is 2.33. The van der Waals surface area contributed by atoms with Gasteiger partial charge in [0.25, 0.3) is 5.91 Å². The number of carbonyl (C=O) groups is 1. The Labute approximate surface area is 159 Å².